The molecule has 4 N–H and O–H groups in total. The molecule has 0 atom stereocenters. The zero-order valence-electron chi connectivity index (χ0n) is 10.0. The minimum atomic E-state index is -1.71. The van der Waals surface area contributed by atoms with Crippen LogP contribution in [0.3, 0.4) is 0 Å². The van der Waals surface area contributed by atoms with Gasteiger partial charge in [-0.2, -0.15) is 15.0 Å². The van der Waals surface area contributed by atoms with Crippen LogP contribution < -0.4 is 21.5 Å². The third-order valence-corrected chi connectivity index (χ3v) is 3.14. The van der Waals surface area contributed by atoms with Gasteiger partial charge in [-0.15, -0.1) is 0 Å². The lowest BCUT2D eigenvalue weighted by molar-refractivity contribution is 0.724. The van der Waals surface area contributed by atoms with Gasteiger partial charge in [-0.1, -0.05) is 34.8 Å². The van der Waals surface area contributed by atoms with Gasteiger partial charge in [0.1, 0.15) is 0 Å². The van der Waals surface area contributed by atoms with Crippen molar-refractivity contribution in [3.63, 3.8) is 0 Å². The van der Waals surface area contributed by atoms with Crippen molar-refractivity contribution in [2.45, 2.75) is 10.2 Å². The van der Waals surface area contributed by atoms with E-state index in [4.69, 9.17) is 40.6 Å². The molecule has 1 saturated heterocycles. The summed E-state index contributed by atoms with van der Waals surface area (Å²) in [4.78, 5) is 14.3. The number of aromatic nitrogens is 3. The highest BCUT2D eigenvalue weighted by Gasteiger charge is 2.29. The van der Waals surface area contributed by atoms with Crippen molar-refractivity contribution in [2.75, 3.05) is 36.5 Å². The smallest absolute Gasteiger partial charge is 0.250 e. The molecule has 0 spiro atoms. The highest BCUT2D eigenvalue weighted by atomic mass is 35.6. The number of nitrogens with one attached hydrogen (secondary N) is 2. The zero-order valence-corrected chi connectivity index (χ0v) is 12.3. The molecule has 19 heavy (non-hydrogen) atoms. The van der Waals surface area contributed by atoms with Gasteiger partial charge in [0.15, 0.2) is 5.82 Å². The molecule has 106 valence electrons. The standard InChI is InChI=1S/C9H14Cl3N7/c10-9(11,12)6-15-7(18-13)17-8(16-6)19-4-1-2-14-3-5-19/h14H,1-5,13H2,(H,15,16,17,18). The van der Waals surface area contributed by atoms with Crippen LogP contribution >= 0.6 is 34.8 Å². The molecule has 0 amide bonds. The molecule has 0 radical (unpaired) electrons. The molecule has 1 aromatic heterocycles. The fourth-order valence-electron chi connectivity index (χ4n) is 1.74. The molecule has 7 nitrogen and oxygen atoms in total. The first kappa shape index (κ1) is 14.8. The lowest BCUT2D eigenvalue weighted by Gasteiger charge is -2.21. The van der Waals surface area contributed by atoms with Crippen molar-refractivity contribution >= 4 is 46.7 Å². The summed E-state index contributed by atoms with van der Waals surface area (Å²) >= 11 is 17.4. The van der Waals surface area contributed by atoms with Gasteiger partial charge in [-0.25, -0.2) is 5.84 Å². The number of nitrogens with zero attached hydrogens (tertiary/aromatic N) is 4. The van der Waals surface area contributed by atoms with E-state index in [2.05, 4.69) is 25.7 Å². The van der Waals surface area contributed by atoms with Crippen LogP contribution in [0.15, 0.2) is 0 Å². The fraction of sp³-hybridized carbons (Fsp3) is 0.667. The summed E-state index contributed by atoms with van der Waals surface area (Å²) in [5.41, 5.74) is 2.35. The molecule has 0 bridgehead atoms. The first-order chi connectivity index (χ1) is 9.00. The molecule has 0 aliphatic carbocycles. The van der Waals surface area contributed by atoms with Crippen molar-refractivity contribution < 1.29 is 0 Å². The molecule has 1 fully saturated rings. The van der Waals surface area contributed by atoms with Crippen LogP contribution in [0.25, 0.3) is 0 Å². The number of hydrazine groups is 1. The predicted molar refractivity (Wildman–Crippen MR) is 76.6 cm³/mol. The average molecular weight is 327 g/mol. The summed E-state index contributed by atoms with van der Waals surface area (Å²) in [5, 5.41) is 3.29. The average Bonchev–Trinajstić information content (AvgIpc) is 2.66. The number of hydrogen-bond donors (Lipinski definition) is 3. The molecule has 0 aromatic carbocycles. The summed E-state index contributed by atoms with van der Waals surface area (Å²) in [6.07, 6.45) is 0.986. The first-order valence-corrected chi connectivity index (χ1v) is 6.89. The van der Waals surface area contributed by atoms with E-state index in [0.717, 1.165) is 32.6 Å². The molecule has 1 aliphatic heterocycles. The van der Waals surface area contributed by atoms with Crippen LogP contribution in [-0.2, 0) is 3.79 Å². The SMILES string of the molecule is NNc1nc(N2CCCNCC2)nc(C(Cl)(Cl)Cl)n1. The predicted octanol–water partition coefficient (Wildman–Crippen LogP) is 0.784. The maximum atomic E-state index is 5.81. The van der Waals surface area contributed by atoms with E-state index in [1.54, 1.807) is 0 Å². The molecule has 10 heteroatoms. The van der Waals surface area contributed by atoms with Crippen LogP contribution in [-0.4, -0.2) is 41.1 Å². The monoisotopic (exact) mass is 325 g/mol. The second kappa shape index (κ2) is 6.23. The van der Waals surface area contributed by atoms with Crippen molar-refractivity contribution in [3.05, 3.63) is 5.82 Å². The maximum Gasteiger partial charge on any atom is 0.250 e. The maximum absolute atomic E-state index is 5.81. The Morgan fingerprint density at radius 1 is 1.16 bits per heavy atom. The van der Waals surface area contributed by atoms with Crippen molar-refractivity contribution in [2.24, 2.45) is 5.84 Å². The second-order valence-electron chi connectivity index (χ2n) is 4.02. The van der Waals surface area contributed by atoms with Gasteiger partial charge in [0, 0.05) is 19.6 Å². The zero-order chi connectivity index (χ0) is 13.9. The molecule has 2 rings (SSSR count). The van der Waals surface area contributed by atoms with Gasteiger partial charge in [0.05, 0.1) is 0 Å². The minimum absolute atomic E-state index is 0.0488. The Bertz CT molecular complexity index is 428. The Hall–Kier alpha value is -0.600. The van der Waals surface area contributed by atoms with Crippen LogP contribution in [0.5, 0.6) is 0 Å². The van der Waals surface area contributed by atoms with Gasteiger partial charge in [0.25, 0.3) is 0 Å². The molecule has 0 saturated carbocycles. The van der Waals surface area contributed by atoms with Crippen LogP contribution in [0.1, 0.15) is 12.2 Å². The fourth-order valence-corrected chi connectivity index (χ4v) is 2.00. The third-order valence-electron chi connectivity index (χ3n) is 2.63. The van der Waals surface area contributed by atoms with Gasteiger partial charge >= 0.3 is 0 Å². The Kier molecular flexibility index (Phi) is 4.86. The highest BCUT2D eigenvalue weighted by molar-refractivity contribution is 6.66. The minimum Gasteiger partial charge on any atom is -0.339 e. The number of alkyl halides is 3. The Labute approximate surface area is 125 Å². The number of nitrogens with two attached hydrogens (primary N) is 1. The lowest BCUT2D eigenvalue weighted by Crippen LogP contribution is -2.31. The number of anilines is 2. The van der Waals surface area contributed by atoms with Gasteiger partial charge < -0.3 is 10.2 Å². The topological polar surface area (TPSA) is 92.0 Å². The van der Waals surface area contributed by atoms with Gasteiger partial charge in [0.2, 0.25) is 15.7 Å². The summed E-state index contributed by atoms with van der Waals surface area (Å²) in [6.45, 7) is 3.40. The van der Waals surface area contributed by atoms with Crippen LogP contribution in [0, 0.1) is 0 Å². The summed E-state index contributed by atoms with van der Waals surface area (Å²) in [5.74, 6) is 6.00. The Balaban J connectivity index is 2.33. The van der Waals surface area contributed by atoms with Crippen molar-refractivity contribution in [1.29, 1.82) is 0 Å². The second-order valence-corrected chi connectivity index (χ2v) is 6.30. The normalized spacial score (nSPS) is 17.2. The quantitative estimate of drug-likeness (QED) is 0.420. The Morgan fingerprint density at radius 3 is 2.63 bits per heavy atom. The van der Waals surface area contributed by atoms with Crippen molar-refractivity contribution in [3.8, 4) is 0 Å². The number of rotatable bonds is 2. The van der Waals surface area contributed by atoms with E-state index >= 15 is 0 Å². The van der Waals surface area contributed by atoms with Crippen molar-refractivity contribution in [1.82, 2.24) is 20.3 Å². The van der Waals surface area contributed by atoms with E-state index in [0.29, 0.717) is 5.95 Å². The van der Waals surface area contributed by atoms with Crippen LogP contribution in [0.2, 0.25) is 0 Å². The first-order valence-electron chi connectivity index (χ1n) is 5.76. The van der Waals surface area contributed by atoms with E-state index in [1.807, 2.05) is 4.90 Å². The van der Waals surface area contributed by atoms with E-state index < -0.39 is 3.79 Å². The molecule has 1 aliphatic rings. The lowest BCUT2D eigenvalue weighted by atomic mass is 10.4. The summed E-state index contributed by atoms with van der Waals surface area (Å²) < 4.78 is -1.71. The summed E-state index contributed by atoms with van der Waals surface area (Å²) in [7, 11) is 0. The van der Waals surface area contributed by atoms with E-state index in [1.165, 1.54) is 0 Å². The molecular weight excluding hydrogens is 313 g/mol. The largest absolute Gasteiger partial charge is 0.339 e. The number of nitrogen functional groups attached to an aromatic ring is 1. The van der Waals surface area contributed by atoms with E-state index in [-0.39, 0.29) is 11.8 Å². The molecule has 2 heterocycles. The van der Waals surface area contributed by atoms with Gasteiger partial charge in [-0.3, -0.25) is 5.43 Å². The molecule has 1 aromatic rings. The summed E-state index contributed by atoms with van der Waals surface area (Å²) in [6, 6.07) is 0. The third kappa shape index (κ3) is 3.93. The number of hydrogen-bond acceptors (Lipinski definition) is 7. The highest BCUT2D eigenvalue weighted by Crippen LogP contribution is 2.36. The molecular formula is C9H14Cl3N7. The van der Waals surface area contributed by atoms with E-state index in [9.17, 15) is 0 Å². The Morgan fingerprint density at radius 2 is 1.95 bits per heavy atom. The number of halogens is 3. The van der Waals surface area contributed by atoms with Crippen LogP contribution in [0.4, 0.5) is 11.9 Å². The molecule has 0 unspecified atom stereocenters. The van der Waals surface area contributed by atoms with Gasteiger partial charge in [-0.05, 0) is 13.0 Å².